The number of rotatable bonds is 3. The number of aryl methyl sites for hydroxylation is 2. The van der Waals surface area contributed by atoms with E-state index in [9.17, 15) is 4.79 Å². The smallest absolute Gasteiger partial charge is 0.227 e. The van der Waals surface area contributed by atoms with Gasteiger partial charge in [0.05, 0.1) is 12.7 Å². The minimum atomic E-state index is 0.167. The molecule has 0 spiro atoms. The minimum Gasteiger partial charge on any atom is -0.464 e. The van der Waals surface area contributed by atoms with Crippen molar-refractivity contribution >= 4 is 22.6 Å². The SMILES string of the molecule is Cc1cc2occ(CC(=O)N3CCN(c4ccncc4)CC3)c2cc1C. The molecule has 5 heteroatoms. The van der Waals surface area contributed by atoms with Crippen molar-refractivity contribution < 1.29 is 9.21 Å². The van der Waals surface area contributed by atoms with Gasteiger partial charge in [0, 0.05) is 55.2 Å². The van der Waals surface area contributed by atoms with E-state index in [1.165, 1.54) is 16.8 Å². The molecule has 1 saturated heterocycles. The summed E-state index contributed by atoms with van der Waals surface area (Å²) in [6.07, 6.45) is 5.74. The van der Waals surface area contributed by atoms with Crippen molar-refractivity contribution in [1.82, 2.24) is 9.88 Å². The Balaban J connectivity index is 1.43. The highest BCUT2D eigenvalue weighted by Crippen LogP contribution is 2.25. The second-order valence-electron chi connectivity index (χ2n) is 6.94. The monoisotopic (exact) mass is 349 g/mol. The van der Waals surface area contributed by atoms with Crippen LogP contribution in [0, 0.1) is 13.8 Å². The maximum Gasteiger partial charge on any atom is 0.227 e. The van der Waals surface area contributed by atoms with E-state index in [1.807, 2.05) is 23.1 Å². The first-order valence-electron chi connectivity index (χ1n) is 9.02. The number of aromatic nitrogens is 1. The number of fused-ring (bicyclic) bond motifs is 1. The lowest BCUT2D eigenvalue weighted by Gasteiger charge is -2.36. The molecule has 0 unspecified atom stereocenters. The lowest BCUT2D eigenvalue weighted by atomic mass is 10.0. The van der Waals surface area contributed by atoms with Crippen LogP contribution in [0.15, 0.2) is 47.3 Å². The Morgan fingerprint density at radius 2 is 1.77 bits per heavy atom. The molecule has 0 bridgehead atoms. The molecule has 0 radical (unpaired) electrons. The van der Waals surface area contributed by atoms with E-state index in [2.05, 4.69) is 29.8 Å². The highest BCUT2D eigenvalue weighted by molar-refractivity contribution is 5.88. The zero-order valence-corrected chi connectivity index (χ0v) is 15.2. The number of hydrogen-bond donors (Lipinski definition) is 0. The summed E-state index contributed by atoms with van der Waals surface area (Å²) in [5.41, 5.74) is 5.43. The van der Waals surface area contributed by atoms with Crippen LogP contribution in [-0.2, 0) is 11.2 Å². The molecule has 2 aromatic heterocycles. The Hall–Kier alpha value is -2.82. The largest absolute Gasteiger partial charge is 0.464 e. The summed E-state index contributed by atoms with van der Waals surface area (Å²) in [6, 6.07) is 8.20. The number of anilines is 1. The first-order valence-corrected chi connectivity index (χ1v) is 9.02. The zero-order valence-electron chi connectivity index (χ0n) is 15.2. The summed E-state index contributed by atoms with van der Waals surface area (Å²) < 4.78 is 5.66. The first kappa shape index (κ1) is 16.6. The van der Waals surface area contributed by atoms with Crippen LogP contribution in [0.2, 0.25) is 0 Å². The average Bonchev–Trinajstić information content (AvgIpc) is 3.04. The second-order valence-corrected chi connectivity index (χ2v) is 6.94. The third-order valence-corrected chi connectivity index (χ3v) is 5.27. The first-order chi connectivity index (χ1) is 12.6. The average molecular weight is 349 g/mol. The fourth-order valence-electron chi connectivity index (χ4n) is 3.52. The lowest BCUT2D eigenvalue weighted by molar-refractivity contribution is -0.130. The van der Waals surface area contributed by atoms with Crippen LogP contribution in [0.1, 0.15) is 16.7 Å². The number of furan rings is 1. The fourth-order valence-corrected chi connectivity index (χ4v) is 3.52. The van der Waals surface area contributed by atoms with Crippen molar-refractivity contribution in [3.8, 4) is 0 Å². The number of pyridine rings is 1. The van der Waals surface area contributed by atoms with Crippen LogP contribution < -0.4 is 4.90 Å². The number of piperazine rings is 1. The molecule has 0 saturated carbocycles. The molecule has 1 aromatic carbocycles. The number of hydrogen-bond acceptors (Lipinski definition) is 4. The van der Waals surface area contributed by atoms with E-state index < -0.39 is 0 Å². The highest BCUT2D eigenvalue weighted by atomic mass is 16.3. The number of benzene rings is 1. The minimum absolute atomic E-state index is 0.167. The van der Waals surface area contributed by atoms with Gasteiger partial charge in [-0.25, -0.2) is 0 Å². The van der Waals surface area contributed by atoms with Gasteiger partial charge in [-0.3, -0.25) is 9.78 Å². The third kappa shape index (κ3) is 3.17. The molecule has 3 aromatic rings. The van der Waals surface area contributed by atoms with Crippen molar-refractivity contribution in [1.29, 1.82) is 0 Å². The molecule has 1 aliphatic heterocycles. The van der Waals surface area contributed by atoms with E-state index in [1.54, 1.807) is 18.7 Å². The summed E-state index contributed by atoms with van der Waals surface area (Å²) in [7, 11) is 0. The fraction of sp³-hybridized carbons (Fsp3) is 0.333. The topological polar surface area (TPSA) is 49.6 Å². The lowest BCUT2D eigenvalue weighted by Crippen LogP contribution is -2.49. The molecular weight excluding hydrogens is 326 g/mol. The second kappa shape index (κ2) is 6.83. The van der Waals surface area contributed by atoms with Gasteiger partial charge in [0.2, 0.25) is 5.91 Å². The van der Waals surface area contributed by atoms with E-state index in [0.29, 0.717) is 6.42 Å². The van der Waals surface area contributed by atoms with Gasteiger partial charge in [-0.1, -0.05) is 0 Å². The van der Waals surface area contributed by atoms with Crippen molar-refractivity contribution in [2.45, 2.75) is 20.3 Å². The van der Waals surface area contributed by atoms with Gasteiger partial charge in [-0.15, -0.1) is 0 Å². The van der Waals surface area contributed by atoms with Gasteiger partial charge in [-0.05, 0) is 49.2 Å². The Morgan fingerprint density at radius 1 is 1.08 bits per heavy atom. The predicted octanol–water partition coefficient (Wildman–Crippen LogP) is 3.34. The molecule has 4 rings (SSSR count). The van der Waals surface area contributed by atoms with Crippen molar-refractivity contribution in [2.24, 2.45) is 0 Å². The Morgan fingerprint density at radius 3 is 2.50 bits per heavy atom. The number of amides is 1. The van der Waals surface area contributed by atoms with Crippen LogP contribution in [0.5, 0.6) is 0 Å². The zero-order chi connectivity index (χ0) is 18.1. The van der Waals surface area contributed by atoms with Crippen LogP contribution in [0.25, 0.3) is 11.0 Å². The molecule has 1 fully saturated rings. The predicted molar refractivity (Wildman–Crippen MR) is 102 cm³/mol. The van der Waals surface area contributed by atoms with E-state index >= 15 is 0 Å². The quantitative estimate of drug-likeness (QED) is 0.728. The molecule has 1 amide bonds. The molecule has 0 N–H and O–H groups in total. The number of carbonyl (C=O) groups excluding carboxylic acids is 1. The van der Waals surface area contributed by atoms with Gasteiger partial charge in [0.1, 0.15) is 5.58 Å². The summed E-state index contributed by atoms with van der Waals surface area (Å²) in [5.74, 6) is 0.167. The van der Waals surface area contributed by atoms with Crippen molar-refractivity contribution in [3.63, 3.8) is 0 Å². The third-order valence-electron chi connectivity index (χ3n) is 5.27. The number of nitrogens with zero attached hydrogens (tertiary/aromatic N) is 3. The Kier molecular flexibility index (Phi) is 4.37. The Labute approximate surface area is 153 Å². The maximum atomic E-state index is 12.8. The summed E-state index contributed by atoms with van der Waals surface area (Å²) >= 11 is 0. The summed E-state index contributed by atoms with van der Waals surface area (Å²) in [6.45, 7) is 7.35. The van der Waals surface area contributed by atoms with E-state index in [0.717, 1.165) is 42.7 Å². The van der Waals surface area contributed by atoms with Crippen LogP contribution >= 0.6 is 0 Å². The van der Waals surface area contributed by atoms with Gasteiger partial charge >= 0.3 is 0 Å². The summed E-state index contributed by atoms with van der Waals surface area (Å²) in [4.78, 5) is 21.1. The van der Waals surface area contributed by atoms with Gasteiger partial charge < -0.3 is 14.2 Å². The molecule has 5 nitrogen and oxygen atoms in total. The molecule has 0 aliphatic carbocycles. The van der Waals surface area contributed by atoms with Gasteiger partial charge in [0.25, 0.3) is 0 Å². The maximum absolute atomic E-state index is 12.8. The van der Waals surface area contributed by atoms with Crippen molar-refractivity contribution in [2.75, 3.05) is 31.1 Å². The van der Waals surface area contributed by atoms with E-state index in [-0.39, 0.29) is 5.91 Å². The molecule has 134 valence electrons. The van der Waals surface area contributed by atoms with Crippen LogP contribution in [0.3, 0.4) is 0 Å². The van der Waals surface area contributed by atoms with E-state index in [4.69, 9.17) is 4.42 Å². The normalized spacial score (nSPS) is 14.8. The van der Waals surface area contributed by atoms with Gasteiger partial charge in [-0.2, -0.15) is 0 Å². The summed E-state index contributed by atoms with van der Waals surface area (Å²) in [5, 5.41) is 1.05. The molecule has 3 heterocycles. The van der Waals surface area contributed by atoms with Crippen molar-refractivity contribution in [3.05, 3.63) is 59.6 Å². The van der Waals surface area contributed by atoms with Crippen LogP contribution in [-0.4, -0.2) is 42.0 Å². The molecule has 26 heavy (non-hydrogen) atoms. The molecular formula is C21H23N3O2. The molecule has 1 aliphatic rings. The van der Waals surface area contributed by atoms with Gasteiger partial charge in [0.15, 0.2) is 0 Å². The highest BCUT2D eigenvalue weighted by Gasteiger charge is 2.22. The Bertz CT molecular complexity index is 925. The standard InChI is InChI=1S/C21H23N3O2/c1-15-11-19-17(14-26-20(19)12-16(15)2)13-21(25)24-9-7-23(8-10-24)18-3-5-22-6-4-18/h3-6,11-12,14H,7-10,13H2,1-2H3. The molecule has 0 atom stereocenters. The number of carbonyl (C=O) groups is 1. The van der Waals surface area contributed by atoms with Crippen LogP contribution in [0.4, 0.5) is 5.69 Å².